The zero-order chi connectivity index (χ0) is 19.7. The highest BCUT2D eigenvalue weighted by Gasteiger charge is 2.24. The minimum absolute atomic E-state index is 0.0581. The summed E-state index contributed by atoms with van der Waals surface area (Å²) in [5.74, 6) is 2.01. The van der Waals surface area contributed by atoms with Gasteiger partial charge in [-0.05, 0) is 62.3 Å². The van der Waals surface area contributed by atoms with Gasteiger partial charge in [0.2, 0.25) is 0 Å². The monoisotopic (exact) mass is 382 g/mol. The molecule has 5 nitrogen and oxygen atoms in total. The van der Waals surface area contributed by atoms with Crippen LogP contribution in [0.25, 0.3) is 5.65 Å². The Kier molecular flexibility index (Phi) is 5.70. The molecule has 0 radical (unpaired) electrons. The van der Waals surface area contributed by atoms with Gasteiger partial charge >= 0.3 is 0 Å². The maximum absolute atomic E-state index is 12.9. The van der Waals surface area contributed by atoms with Crippen molar-refractivity contribution in [2.75, 3.05) is 13.1 Å². The van der Waals surface area contributed by atoms with E-state index in [1.807, 2.05) is 15.5 Å². The lowest BCUT2D eigenvalue weighted by atomic mass is 9.81. The van der Waals surface area contributed by atoms with Crippen molar-refractivity contribution in [1.29, 1.82) is 0 Å². The van der Waals surface area contributed by atoms with Gasteiger partial charge in [-0.15, -0.1) is 0 Å². The van der Waals surface area contributed by atoms with Crippen LogP contribution < -0.4 is 0 Å². The number of nitrogens with zero attached hydrogens (tertiary/aromatic N) is 4. The highest BCUT2D eigenvalue weighted by molar-refractivity contribution is 5.93. The predicted octanol–water partition coefficient (Wildman–Crippen LogP) is 4.85. The fourth-order valence-corrected chi connectivity index (χ4v) is 4.76. The molecule has 1 saturated heterocycles. The molecule has 0 spiro atoms. The second-order valence-corrected chi connectivity index (χ2v) is 9.31. The van der Waals surface area contributed by atoms with Crippen molar-refractivity contribution >= 4 is 11.6 Å². The standard InChI is InChI=1S/C23H34N4O/c1-16(2)21-14-19(13-18-9-7-17(3)8-10-18)24-22-15-20(25-27(21)22)23(28)26-11-5-4-6-12-26/h14-18H,4-13H2,1-3H3. The second-order valence-electron chi connectivity index (χ2n) is 9.31. The van der Waals surface area contributed by atoms with Crippen LogP contribution in [-0.2, 0) is 6.42 Å². The lowest BCUT2D eigenvalue weighted by Gasteiger charge is -2.26. The fourth-order valence-electron chi connectivity index (χ4n) is 4.76. The van der Waals surface area contributed by atoms with E-state index < -0.39 is 0 Å². The van der Waals surface area contributed by atoms with Gasteiger partial charge in [0.15, 0.2) is 11.3 Å². The molecule has 2 aromatic rings. The van der Waals surface area contributed by atoms with Crippen molar-refractivity contribution < 1.29 is 4.79 Å². The maximum Gasteiger partial charge on any atom is 0.274 e. The van der Waals surface area contributed by atoms with Gasteiger partial charge in [0.25, 0.3) is 5.91 Å². The van der Waals surface area contributed by atoms with Crippen molar-refractivity contribution in [3.8, 4) is 0 Å². The summed E-state index contributed by atoms with van der Waals surface area (Å²) in [6.45, 7) is 8.44. The van der Waals surface area contributed by atoms with Crippen molar-refractivity contribution in [2.24, 2.45) is 11.8 Å². The molecule has 1 aliphatic carbocycles. The third-order valence-corrected chi connectivity index (χ3v) is 6.59. The molecule has 1 aliphatic heterocycles. The van der Waals surface area contributed by atoms with Gasteiger partial charge in [-0.2, -0.15) is 5.10 Å². The highest BCUT2D eigenvalue weighted by Crippen LogP contribution is 2.31. The van der Waals surface area contributed by atoms with Crippen LogP contribution in [0.5, 0.6) is 0 Å². The molecule has 0 N–H and O–H groups in total. The van der Waals surface area contributed by atoms with E-state index >= 15 is 0 Å². The summed E-state index contributed by atoms with van der Waals surface area (Å²) in [5.41, 5.74) is 3.68. The third kappa shape index (κ3) is 4.08. The Morgan fingerprint density at radius 3 is 2.50 bits per heavy atom. The summed E-state index contributed by atoms with van der Waals surface area (Å²) in [7, 11) is 0. The Hall–Kier alpha value is -1.91. The van der Waals surface area contributed by atoms with Crippen molar-refractivity contribution in [1.82, 2.24) is 19.5 Å². The zero-order valence-electron chi connectivity index (χ0n) is 17.7. The summed E-state index contributed by atoms with van der Waals surface area (Å²) in [5, 5.41) is 4.67. The summed E-state index contributed by atoms with van der Waals surface area (Å²) < 4.78 is 1.90. The van der Waals surface area contributed by atoms with Crippen molar-refractivity contribution in [2.45, 2.75) is 78.1 Å². The van der Waals surface area contributed by atoms with E-state index in [2.05, 4.69) is 31.9 Å². The maximum atomic E-state index is 12.9. The quantitative estimate of drug-likeness (QED) is 0.760. The number of hydrogen-bond donors (Lipinski definition) is 0. The number of rotatable bonds is 4. The number of amides is 1. The molecule has 0 bridgehead atoms. The SMILES string of the molecule is CC1CCC(Cc2cc(C(C)C)n3nc(C(=O)N4CCCCC4)cc3n2)CC1. The number of piperidine rings is 1. The molecular formula is C23H34N4O. The summed E-state index contributed by atoms with van der Waals surface area (Å²) in [6.07, 6.45) is 9.75. The van der Waals surface area contributed by atoms with Gasteiger partial charge < -0.3 is 4.90 Å². The molecule has 0 aromatic carbocycles. The van der Waals surface area contributed by atoms with Crippen LogP contribution in [0, 0.1) is 11.8 Å². The Balaban J connectivity index is 1.61. The molecule has 152 valence electrons. The largest absolute Gasteiger partial charge is 0.337 e. The van der Waals surface area contributed by atoms with E-state index in [9.17, 15) is 4.79 Å². The number of fused-ring (bicyclic) bond motifs is 1. The van der Waals surface area contributed by atoms with Crippen LogP contribution in [0.4, 0.5) is 0 Å². The van der Waals surface area contributed by atoms with Gasteiger partial charge in [-0.25, -0.2) is 9.50 Å². The second kappa shape index (κ2) is 8.22. The van der Waals surface area contributed by atoms with E-state index in [0.29, 0.717) is 11.6 Å². The molecule has 1 saturated carbocycles. The van der Waals surface area contributed by atoms with E-state index in [4.69, 9.17) is 4.98 Å². The predicted molar refractivity (Wildman–Crippen MR) is 112 cm³/mol. The molecule has 0 atom stereocenters. The summed E-state index contributed by atoms with van der Waals surface area (Å²) >= 11 is 0. The topological polar surface area (TPSA) is 50.5 Å². The molecule has 2 aromatic heterocycles. The number of likely N-dealkylation sites (tertiary alicyclic amines) is 1. The molecule has 0 unspecified atom stereocenters. The summed E-state index contributed by atoms with van der Waals surface area (Å²) in [4.78, 5) is 19.8. The van der Waals surface area contributed by atoms with Gasteiger partial charge in [0.05, 0.1) is 0 Å². The Morgan fingerprint density at radius 1 is 1.11 bits per heavy atom. The van der Waals surface area contributed by atoms with Crippen molar-refractivity contribution in [3.63, 3.8) is 0 Å². The molecule has 28 heavy (non-hydrogen) atoms. The Labute approximate surface area is 168 Å². The van der Waals surface area contributed by atoms with Gasteiger partial charge in [0, 0.05) is 30.5 Å². The molecule has 2 fully saturated rings. The third-order valence-electron chi connectivity index (χ3n) is 6.59. The Morgan fingerprint density at radius 2 is 1.82 bits per heavy atom. The fraction of sp³-hybridized carbons (Fsp3) is 0.696. The normalized spacial score (nSPS) is 23.5. The molecule has 5 heteroatoms. The molecule has 3 heterocycles. The number of hydrogen-bond acceptors (Lipinski definition) is 3. The highest BCUT2D eigenvalue weighted by atomic mass is 16.2. The van der Waals surface area contributed by atoms with Crippen LogP contribution in [0.1, 0.15) is 93.5 Å². The summed E-state index contributed by atoms with van der Waals surface area (Å²) in [6, 6.07) is 4.12. The van der Waals surface area contributed by atoms with E-state index in [-0.39, 0.29) is 5.91 Å². The smallest absolute Gasteiger partial charge is 0.274 e. The van der Waals surface area contributed by atoms with E-state index in [1.165, 1.54) is 32.1 Å². The van der Waals surface area contributed by atoms with Crippen LogP contribution in [-0.4, -0.2) is 38.5 Å². The number of carbonyl (C=O) groups excluding carboxylic acids is 1. The van der Waals surface area contributed by atoms with E-state index in [1.54, 1.807) is 0 Å². The van der Waals surface area contributed by atoms with Gasteiger partial charge in [-0.1, -0.05) is 33.6 Å². The van der Waals surface area contributed by atoms with Crippen LogP contribution in [0.2, 0.25) is 0 Å². The van der Waals surface area contributed by atoms with Crippen molar-refractivity contribution in [3.05, 3.63) is 29.2 Å². The first-order chi connectivity index (χ1) is 13.5. The van der Waals surface area contributed by atoms with Gasteiger partial charge in [0.1, 0.15) is 0 Å². The molecule has 2 aliphatic rings. The first-order valence-corrected chi connectivity index (χ1v) is 11.2. The first kappa shape index (κ1) is 19.4. The van der Waals surface area contributed by atoms with Crippen LogP contribution in [0.3, 0.4) is 0 Å². The number of carbonyl (C=O) groups is 1. The van der Waals surface area contributed by atoms with Crippen LogP contribution in [0.15, 0.2) is 12.1 Å². The lowest BCUT2D eigenvalue weighted by molar-refractivity contribution is 0.0718. The zero-order valence-corrected chi connectivity index (χ0v) is 17.7. The lowest BCUT2D eigenvalue weighted by Crippen LogP contribution is -2.35. The van der Waals surface area contributed by atoms with Gasteiger partial charge in [-0.3, -0.25) is 4.79 Å². The number of aromatic nitrogens is 3. The molecular weight excluding hydrogens is 348 g/mol. The molecule has 1 amide bonds. The minimum Gasteiger partial charge on any atom is -0.337 e. The minimum atomic E-state index is 0.0581. The average Bonchev–Trinajstić information content (AvgIpc) is 3.13. The average molecular weight is 383 g/mol. The first-order valence-electron chi connectivity index (χ1n) is 11.2. The molecule has 4 rings (SSSR count). The Bertz CT molecular complexity index is 826. The van der Waals surface area contributed by atoms with Crippen LogP contribution >= 0.6 is 0 Å². The van der Waals surface area contributed by atoms with E-state index in [0.717, 1.165) is 61.2 Å².